The molecule has 0 saturated heterocycles. The van der Waals surface area contributed by atoms with Crippen molar-refractivity contribution in [3.05, 3.63) is 63.3 Å². The molecule has 0 amide bonds. The van der Waals surface area contributed by atoms with E-state index in [-0.39, 0.29) is 23.9 Å². The lowest BCUT2D eigenvalue weighted by Crippen LogP contribution is -2.43. The van der Waals surface area contributed by atoms with Gasteiger partial charge < -0.3 is 25.6 Å². The molecular weight excluding hydrogens is 439 g/mol. The Kier molecular flexibility index (Phi) is 6.17. The van der Waals surface area contributed by atoms with Crippen molar-refractivity contribution in [3.8, 4) is 5.75 Å². The van der Waals surface area contributed by atoms with Crippen molar-refractivity contribution in [1.29, 1.82) is 0 Å². The van der Waals surface area contributed by atoms with Gasteiger partial charge in [0.1, 0.15) is 11.4 Å². The average molecular weight is 463 g/mol. The number of aromatic nitrogens is 1. The van der Waals surface area contributed by atoms with Crippen LogP contribution in [-0.4, -0.2) is 32.8 Å². The maximum absolute atomic E-state index is 11.8. The average Bonchev–Trinajstić information content (AvgIpc) is 3.08. The van der Waals surface area contributed by atoms with Crippen molar-refractivity contribution in [1.82, 2.24) is 10.3 Å². The minimum Gasteiger partial charge on any atom is -0.508 e. The van der Waals surface area contributed by atoms with Gasteiger partial charge in [-0.25, -0.2) is 4.79 Å². The van der Waals surface area contributed by atoms with Crippen molar-refractivity contribution >= 4 is 40.1 Å². The molecule has 4 rings (SSSR count). The van der Waals surface area contributed by atoms with Crippen molar-refractivity contribution in [2.45, 2.75) is 37.8 Å². The van der Waals surface area contributed by atoms with E-state index >= 15 is 0 Å². The molecule has 1 saturated carbocycles. The molecule has 1 aliphatic rings. The summed E-state index contributed by atoms with van der Waals surface area (Å²) in [6.45, 7) is 0.763. The van der Waals surface area contributed by atoms with Crippen LogP contribution < -0.4 is 5.32 Å². The maximum atomic E-state index is 11.8. The molecule has 164 valence electrons. The maximum Gasteiger partial charge on any atom is 0.352 e. The Balaban J connectivity index is 1.58. The zero-order chi connectivity index (χ0) is 22.2. The van der Waals surface area contributed by atoms with Crippen LogP contribution >= 0.6 is 23.2 Å². The Bertz CT molecular complexity index is 1130. The number of carbonyl (C=O) groups is 1. The van der Waals surface area contributed by atoms with Gasteiger partial charge in [-0.2, -0.15) is 0 Å². The number of H-pyrrole nitrogens is 1. The Labute approximate surface area is 189 Å². The molecule has 2 unspecified atom stereocenters. The number of aliphatic hydroxyl groups is 1. The van der Waals surface area contributed by atoms with E-state index in [1.165, 1.54) is 0 Å². The molecule has 2 atom stereocenters. The van der Waals surface area contributed by atoms with E-state index in [4.69, 9.17) is 23.2 Å². The number of carboxylic acids is 1. The number of aromatic amines is 1. The topological polar surface area (TPSA) is 106 Å². The fourth-order valence-corrected chi connectivity index (χ4v) is 5.31. The first-order chi connectivity index (χ1) is 14.8. The molecule has 8 heteroatoms. The van der Waals surface area contributed by atoms with Crippen molar-refractivity contribution in [2.24, 2.45) is 5.92 Å². The summed E-state index contributed by atoms with van der Waals surface area (Å²) in [5.74, 6) is -1.03. The summed E-state index contributed by atoms with van der Waals surface area (Å²) in [6.07, 6.45) is 3.35. The zero-order valence-electron chi connectivity index (χ0n) is 16.8. The first-order valence-electron chi connectivity index (χ1n) is 10.2. The van der Waals surface area contributed by atoms with Crippen LogP contribution in [0.4, 0.5) is 0 Å². The Morgan fingerprint density at radius 3 is 2.77 bits per heavy atom. The van der Waals surface area contributed by atoms with Gasteiger partial charge in [0, 0.05) is 40.5 Å². The number of phenolic OH excluding ortho intramolecular Hbond substituents is 1. The molecule has 0 bridgehead atoms. The molecular formula is C23H24Cl2N2O4. The van der Waals surface area contributed by atoms with E-state index in [1.54, 1.807) is 30.3 Å². The van der Waals surface area contributed by atoms with E-state index in [9.17, 15) is 20.1 Å². The summed E-state index contributed by atoms with van der Waals surface area (Å²) in [6, 6.07) is 10.0. The lowest BCUT2D eigenvalue weighted by atomic mass is 9.71. The molecule has 1 fully saturated rings. The summed E-state index contributed by atoms with van der Waals surface area (Å²) in [4.78, 5) is 14.7. The van der Waals surface area contributed by atoms with Gasteiger partial charge in [-0.05, 0) is 42.7 Å². The third kappa shape index (κ3) is 4.26. The van der Waals surface area contributed by atoms with E-state index in [2.05, 4.69) is 10.3 Å². The lowest BCUT2D eigenvalue weighted by molar-refractivity contribution is -0.0538. The van der Waals surface area contributed by atoms with E-state index < -0.39 is 11.6 Å². The van der Waals surface area contributed by atoms with Crippen LogP contribution in [0.3, 0.4) is 0 Å². The largest absolute Gasteiger partial charge is 0.508 e. The van der Waals surface area contributed by atoms with Gasteiger partial charge in [-0.1, -0.05) is 48.2 Å². The Hall–Kier alpha value is -2.25. The predicted molar refractivity (Wildman–Crippen MR) is 121 cm³/mol. The van der Waals surface area contributed by atoms with Gasteiger partial charge in [0.15, 0.2) is 0 Å². The number of aromatic carboxylic acids is 1. The molecule has 31 heavy (non-hydrogen) atoms. The highest BCUT2D eigenvalue weighted by atomic mass is 35.5. The number of aromatic hydroxyl groups is 1. The minimum atomic E-state index is -1.07. The fraction of sp³-hybridized carbons (Fsp3) is 0.348. The third-order valence-electron chi connectivity index (χ3n) is 6.21. The monoisotopic (exact) mass is 462 g/mol. The van der Waals surface area contributed by atoms with E-state index in [0.29, 0.717) is 45.0 Å². The number of halogens is 2. The highest BCUT2D eigenvalue weighted by Crippen LogP contribution is 2.42. The zero-order valence-corrected chi connectivity index (χ0v) is 18.3. The molecule has 0 spiro atoms. The number of rotatable bonds is 6. The molecule has 5 N–H and O–H groups in total. The second-order valence-electron chi connectivity index (χ2n) is 8.14. The number of hydrogen-bond acceptors (Lipinski definition) is 4. The van der Waals surface area contributed by atoms with Crippen LogP contribution in [0.25, 0.3) is 10.9 Å². The molecule has 2 aromatic carbocycles. The normalized spacial score (nSPS) is 21.5. The second kappa shape index (κ2) is 8.71. The summed E-state index contributed by atoms with van der Waals surface area (Å²) in [5, 5.41) is 35.8. The molecule has 1 aliphatic carbocycles. The fourth-order valence-electron chi connectivity index (χ4n) is 4.70. The molecule has 3 aromatic rings. The summed E-state index contributed by atoms with van der Waals surface area (Å²) in [7, 11) is 0. The highest BCUT2D eigenvalue weighted by Gasteiger charge is 2.40. The van der Waals surface area contributed by atoms with Gasteiger partial charge >= 0.3 is 5.97 Å². The van der Waals surface area contributed by atoms with Crippen LogP contribution in [0.2, 0.25) is 10.0 Å². The summed E-state index contributed by atoms with van der Waals surface area (Å²) in [5.41, 5.74) is 0.848. The van der Waals surface area contributed by atoms with Gasteiger partial charge in [0.05, 0.1) is 10.6 Å². The first kappa shape index (κ1) is 22.0. The highest BCUT2D eigenvalue weighted by molar-refractivity contribution is 6.39. The minimum absolute atomic E-state index is 0.0681. The molecule has 1 heterocycles. The van der Waals surface area contributed by atoms with Crippen LogP contribution in [0.5, 0.6) is 5.75 Å². The number of benzene rings is 2. The first-order valence-corrected chi connectivity index (χ1v) is 11.0. The number of phenols is 1. The van der Waals surface area contributed by atoms with Crippen LogP contribution in [0.1, 0.15) is 47.3 Å². The smallest absolute Gasteiger partial charge is 0.352 e. The van der Waals surface area contributed by atoms with Gasteiger partial charge in [0.2, 0.25) is 0 Å². The SMILES string of the molecule is O=C(O)c1[nH]c2cc(Cl)cc(Cl)c2c1CNCC1CCCCC1(O)c1cccc(O)c1. The summed E-state index contributed by atoms with van der Waals surface area (Å²) < 4.78 is 0. The van der Waals surface area contributed by atoms with Crippen molar-refractivity contribution in [2.75, 3.05) is 6.54 Å². The quantitative estimate of drug-likeness (QED) is 0.352. The molecule has 0 aliphatic heterocycles. The predicted octanol–water partition coefficient (Wildman–Crippen LogP) is 5.05. The van der Waals surface area contributed by atoms with Crippen molar-refractivity contribution < 1.29 is 20.1 Å². The summed E-state index contributed by atoms with van der Waals surface area (Å²) >= 11 is 12.4. The van der Waals surface area contributed by atoms with Crippen LogP contribution in [0, 0.1) is 5.92 Å². The Morgan fingerprint density at radius 2 is 2.03 bits per heavy atom. The van der Waals surface area contributed by atoms with Crippen LogP contribution in [0.15, 0.2) is 36.4 Å². The standard InChI is InChI=1S/C23H24Cl2N2O4/c24-15-9-18(25)20-17(21(22(29)30)27-19(20)10-15)12-26-11-14-4-1-2-7-23(14,31)13-5-3-6-16(28)8-13/h3,5-6,8-10,14,26-28,31H,1-2,4,7,11-12H2,(H,29,30). The molecule has 1 aromatic heterocycles. The number of fused-ring (bicyclic) bond motifs is 1. The van der Waals surface area contributed by atoms with Crippen molar-refractivity contribution in [3.63, 3.8) is 0 Å². The van der Waals surface area contributed by atoms with E-state index in [1.807, 2.05) is 6.07 Å². The van der Waals surface area contributed by atoms with Gasteiger partial charge in [0.25, 0.3) is 0 Å². The Morgan fingerprint density at radius 1 is 1.23 bits per heavy atom. The number of nitrogens with one attached hydrogen (secondary N) is 2. The number of carboxylic acid groups (broad SMARTS) is 1. The van der Waals surface area contributed by atoms with Gasteiger partial charge in [-0.3, -0.25) is 0 Å². The molecule has 6 nitrogen and oxygen atoms in total. The van der Waals surface area contributed by atoms with Gasteiger partial charge in [-0.15, -0.1) is 0 Å². The number of hydrogen-bond donors (Lipinski definition) is 5. The van der Waals surface area contributed by atoms with E-state index in [0.717, 1.165) is 19.3 Å². The van der Waals surface area contributed by atoms with Crippen LogP contribution in [-0.2, 0) is 12.1 Å². The lowest BCUT2D eigenvalue weighted by Gasteiger charge is -2.40. The third-order valence-corrected chi connectivity index (χ3v) is 6.72. The molecule has 0 radical (unpaired) electrons. The second-order valence-corrected chi connectivity index (χ2v) is 8.99.